The van der Waals surface area contributed by atoms with Crippen molar-refractivity contribution in [1.82, 2.24) is 15.1 Å². The van der Waals surface area contributed by atoms with Crippen molar-refractivity contribution < 1.29 is 4.74 Å². The maximum absolute atomic E-state index is 5.73. The Hall–Kier alpha value is -0.870. The van der Waals surface area contributed by atoms with Crippen molar-refractivity contribution in [2.45, 2.75) is 59.6 Å². The summed E-state index contributed by atoms with van der Waals surface area (Å²) >= 11 is 0. The molecular weight excluding hydrogens is 238 g/mol. The number of hydrogen-bond acceptors (Lipinski definition) is 3. The van der Waals surface area contributed by atoms with Crippen molar-refractivity contribution in [3.05, 3.63) is 17.0 Å². The zero-order chi connectivity index (χ0) is 14.4. The van der Waals surface area contributed by atoms with Crippen molar-refractivity contribution in [3.63, 3.8) is 0 Å². The molecule has 0 aliphatic heterocycles. The van der Waals surface area contributed by atoms with Gasteiger partial charge in [0, 0.05) is 18.8 Å². The fourth-order valence-electron chi connectivity index (χ4n) is 2.34. The number of likely N-dealkylation sites (N-methyl/N-ethyl adjacent to an activating group) is 1. The molecular formula is C15H29N3O. The van der Waals surface area contributed by atoms with Gasteiger partial charge in [0.1, 0.15) is 0 Å². The molecule has 4 heteroatoms. The minimum absolute atomic E-state index is 0.294. The molecule has 19 heavy (non-hydrogen) atoms. The Morgan fingerprint density at radius 3 is 2.47 bits per heavy atom. The minimum atomic E-state index is 0.294. The Labute approximate surface area is 117 Å². The van der Waals surface area contributed by atoms with Gasteiger partial charge < -0.3 is 10.1 Å². The van der Waals surface area contributed by atoms with E-state index in [1.807, 2.05) is 11.7 Å². The van der Waals surface area contributed by atoms with Crippen molar-refractivity contribution in [2.24, 2.45) is 7.05 Å². The van der Waals surface area contributed by atoms with Gasteiger partial charge >= 0.3 is 0 Å². The van der Waals surface area contributed by atoms with Crippen LogP contribution in [0.15, 0.2) is 0 Å². The second-order valence-corrected chi connectivity index (χ2v) is 5.45. The van der Waals surface area contributed by atoms with Crippen LogP contribution >= 0.6 is 0 Å². The first-order chi connectivity index (χ1) is 8.95. The number of nitrogens with one attached hydrogen (secondary N) is 1. The second kappa shape index (κ2) is 7.65. The smallest absolute Gasteiger partial charge is 0.0628 e. The van der Waals surface area contributed by atoms with E-state index in [0.717, 1.165) is 31.7 Å². The third-order valence-electron chi connectivity index (χ3n) is 3.53. The van der Waals surface area contributed by atoms with Crippen molar-refractivity contribution in [1.29, 1.82) is 0 Å². The maximum atomic E-state index is 5.73. The van der Waals surface area contributed by atoms with Crippen molar-refractivity contribution >= 4 is 0 Å². The lowest BCUT2D eigenvalue weighted by molar-refractivity contribution is 0.0599. The summed E-state index contributed by atoms with van der Waals surface area (Å²) in [4.78, 5) is 0. The van der Waals surface area contributed by atoms with E-state index in [9.17, 15) is 0 Å². The molecule has 1 N–H and O–H groups in total. The quantitative estimate of drug-likeness (QED) is 0.786. The maximum Gasteiger partial charge on any atom is 0.0628 e. The van der Waals surface area contributed by atoms with Gasteiger partial charge in [0.2, 0.25) is 0 Å². The summed E-state index contributed by atoms with van der Waals surface area (Å²) in [6.45, 7) is 12.3. The number of hydrogen-bond donors (Lipinski definition) is 1. The predicted molar refractivity (Wildman–Crippen MR) is 79.6 cm³/mol. The Bertz CT molecular complexity index is 385. The van der Waals surface area contributed by atoms with Gasteiger partial charge in [-0.3, -0.25) is 4.68 Å². The Kier molecular flexibility index (Phi) is 6.52. The molecule has 0 amide bonds. The van der Waals surface area contributed by atoms with Crippen LogP contribution in [0, 0.1) is 13.8 Å². The highest BCUT2D eigenvalue weighted by Gasteiger charge is 2.13. The molecule has 4 nitrogen and oxygen atoms in total. The second-order valence-electron chi connectivity index (χ2n) is 5.45. The summed E-state index contributed by atoms with van der Waals surface area (Å²) in [7, 11) is 2.01. The van der Waals surface area contributed by atoms with Crippen LogP contribution in [0.4, 0.5) is 0 Å². The highest BCUT2D eigenvalue weighted by Crippen LogP contribution is 2.15. The lowest BCUT2D eigenvalue weighted by atomic mass is 10.0. The summed E-state index contributed by atoms with van der Waals surface area (Å²) in [5.41, 5.74) is 3.81. The topological polar surface area (TPSA) is 39.1 Å². The Morgan fingerprint density at radius 2 is 2.00 bits per heavy atom. The lowest BCUT2D eigenvalue weighted by Gasteiger charge is -2.19. The van der Waals surface area contributed by atoms with E-state index in [2.05, 4.69) is 45.0 Å². The normalized spacial score (nSPS) is 13.2. The van der Waals surface area contributed by atoms with Crippen LogP contribution in [-0.4, -0.2) is 35.1 Å². The highest BCUT2D eigenvalue weighted by molar-refractivity contribution is 5.24. The Morgan fingerprint density at radius 1 is 1.32 bits per heavy atom. The average Bonchev–Trinajstić information content (AvgIpc) is 2.58. The SMILES string of the molecule is CCNC(CCc1c(C)nn(C)c1C)COC(C)C. The van der Waals surface area contributed by atoms with Crippen LogP contribution in [0.3, 0.4) is 0 Å². The van der Waals surface area contributed by atoms with E-state index < -0.39 is 0 Å². The van der Waals surface area contributed by atoms with Gasteiger partial charge in [-0.25, -0.2) is 0 Å². The van der Waals surface area contributed by atoms with Gasteiger partial charge in [-0.05, 0) is 52.6 Å². The van der Waals surface area contributed by atoms with Gasteiger partial charge in [-0.15, -0.1) is 0 Å². The molecule has 1 rings (SSSR count). The van der Waals surface area contributed by atoms with Gasteiger partial charge in [-0.2, -0.15) is 5.10 Å². The zero-order valence-electron chi connectivity index (χ0n) is 13.3. The van der Waals surface area contributed by atoms with Gasteiger partial charge in [-0.1, -0.05) is 6.92 Å². The van der Waals surface area contributed by atoms with Crippen molar-refractivity contribution in [2.75, 3.05) is 13.2 Å². The molecule has 0 aliphatic carbocycles. The molecule has 1 aromatic rings. The number of rotatable bonds is 8. The van der Waals surface area contributed by atoms with E-state index >= 15 is 0 Å². The molecule has 0 aliphatic rings. The Balaban J connectivity index is 2.55. The van der Waals surface area contributed by atoms with Crippen LogP contribution in [0.25, 0.3) is 0 Å². The van der Waals surface area contributed by atoms with Gasteiger partial charge in [0.05, 0.1) is 18.4 Å². The summed E-state index contributed by atoms with van der Waals surface area (Å²) < 4.78 is 7.70. The van der Waals surface area contributed by atoms with E-state index in [1.54, 1.807) is 0 Å². The number of aryl methyl sites for hydroxylation is 2. The third-order valence-corrected chi connectivity index (χ3v) is 3.53. The molecule has 1 atom stereocenters. The minimum Gasteiger partial charge on any atom is -0.377 e. The van der Waals surface area contributed by atoms with Crippen LogP contribution in [0.1, 0.15) is 44.1 Å². The highest BCUT2D eigenvalue weighted by atomic mass is 16.5. The van der Waals surface area contributed by atoms with Gasteiger partial charge in [0.15, 0.2) is 0 Å². The fraction of sp³-hybridized carbons (Fsp3) is 0.800. The molecule has 0 saturated carbocycles. The summed E-state index contributed by atoms with van der Waals surface area (Å²) in [6, 6.07) is 0.423. The van der Waals surface area contributed by atoms with Crippen molar-refractivity contribution in [3.8, 4) is 0 Å². The van der Waals surface area contributed by atoms with Crippen LogP contribution < -0.4 is 5.32 Å². The predicted octanol–water partition coefficient (Wildman–Crippen LogP) is 2.37. The zero-order valence-corrected chi connectivity index (χ0v) is 13.3. The fourth-order valence-corrected chi connectivity index (χ4v) is 2.34. The molecule has 0 spiro atoms. The molecule has 110 valence electrons. The summed E-state index contributed by atoms with van der Waals surface area (Å²) in [5.74, 6) is 0. The standard InChI is InChI=1S/C15H29N3O/c1-7-16-14(10-19-11(2)3)8-9-15-12(4)17-18(6)13(15)5/h11,14,16H,7-10H2,1-6H3. The largest absolute Gasteiger partial charge is 0.377 e. The lowest BCUT2D eigenvalue weighted by Crippen LogP contribution is -2.34. The summed E-state index contributed by atoms with van der Waals surface area (Å²) in [5, 5.41) is 7.98. The number of ether oxygens (including phenoxy) is 1. The van der Waals surface area contributed by atoms with Gasteiger partial charge in [0.25, 0.3) is 0 Å². The van der Waals surface area contributed by atoms with Crippen LogP contribution in [0.5, 0.6) is 0 Å². The monoisotopic (exact) mass is 267 g/mol. The van der Waals surface area contributed by atoms with Crippen LogP contribution in [0.2, 0.25) is 0 Å². The van der Waals surface area contributed by atoms with E-state index in [1.165, 1.54) is 11.3 Å². The molecule has 1 unspecified atom stereocenters. The third kappa shape index (κ3) is 4.96. The molecule has 0 radical (unpaired) electrons. The average molecular weight is 267 g/mol. The number of aromatic nitrogens is 2. The summed E-state index contributed by atoms with van der Waals surface area (Å²) in [6.07, 6.45) is 2.45. The van der Waals surface area contributed by atoms with Crippen LogP contribution in [-0.2, 0) is 18.2 Å². The molecule has 0 bridgehead atoms. The van der Waals surface area contributed by atoms with E-state index in [4.69, 9.17) is 4.74 Å². The molecule has 1 aromatic heterocycles. The molecule has 0 fully saturated rings. The first-order valence-electron chi connectivity index (χ1n) is 7.29. The molecule has 1 heterocycles. The first kappa shape index (κ1) is 16.2. The van der Waals surface area contributed by atoms with E-state index in [0.29, 0.717) is 12.1 Å². The van der Waals surface area contributed by atoms with E-state index in [-0.39, 0.29) is 0 Å². The molecule has 0 saturated heterocycles. The first-order valence-corrected chi connectivity index (χ1v) is 7.29. The number of nitrogens with zero attached hydrogens (tertiary/aromatic N) is 2. The molecule has 0 aromatic carbocycles.